The number of rotatable bonds is 7. The summed E-state index contributed by atoms with van der Waals surface area (Å²) in [5, 5.41) is 15.6. The summed E-state index contributed by atoms with van der Waals surface area (Å²) in [5.74, 6) is -3.82. The van der Waals surface area contributed by atoms with E-state index in [1.165, 1.54) is 24.5 Å². The van der Waals surface area contributed by atoms with Crippen LogP contribution in [-0.4, -0.2) is 46.6 Å². The molecule has 1 aromatic heterocycles. The zero-order valence-electron chi connectivity index (χ0n) is 20.1. The zero-order chi connectivity index (χ0) is 27.8. The number of benzene rings is 1. The molecule has 0 bridgehead atoms. The van der Waals surface area contributed by atoms with Crippen LogP contribution in [0.4, 0.5) is 29.5 Å². The van der Waals surface area contributed by atoms with Crippen molar-refractivity contribution in [2.45, 2.75) is 67.6 Å². The maximum absolute atomic E-state index is 14.7. The van der Waals surface area contributed by atoms with Gasteiger partial charge in [-0.1, -0.05) is 44.8 Å². The van der Waals surface area contributed by atoms with Gasteiger partial charge in [0, 0.05) is 36.2 Å². The number of pyridine rings is 1. The summed E-state index contributed by atoms with van der Waals surface area (Å²) in [5.41, 5.74) is -0.362. The second-order valence-electron chi connectivity index (χ2n) is 9.67. The molecule has 1 aromatic carbocycles. The van der Waals surface area contributed by atoms with E-state index in [4.69, 9.17) is 0 Å². The molecule has 4 rings (SSSR count). The standard InChI is InChI=1S/C24H28F6N4O3S/c25-19-11-17(8-9-21(19)38(26,27,28,29)30)34(24(37)20-12-18(35)14-32-20)22(15-5-4-10-31-13-15)23(36)33-16-6-2-1-3-7-16/h4-5,8-11,13,16,18,20,22,32,35H,1-3,6-7,12,14H2,(H,33,36)/t18-,20-,22?/m1/s1. The highest BCUT2D eigenvalue weighted by Gasteiger charge is 2.67. The van der Waals surface area contributed by atoms with Gasteiger partial charge in [-0.3, -0.25) is 19.5 Å². The van der Waals surface area contributed by atoms with Gasteiger partial charge in [0.1, 0.15) is 16.8 Å². The number of hydrogen-bond acceptors (Lipinski definition) is 5. The molecule has 1 aliphatic carbocycles. The van der Waals surface area contributed by atoms with E-state index in [0.29, 0.717) is 18.9 Å². The molecule has 1 aliphatic heterocycles. The number of hydrogen-bond donors (Lipinski definition) is 3. The molecule has 1 saturated heterocycles. The van der Waals surface area contributed by atoms with Gasteiger partial charge in [-0.05, 0) is 43.5 Å². The van der Waals surface area contributed by atoms with E-state index >= 15 is 0 Å². The lowest BCUT2D eigenvalue weighted by atomic mass is 9.94. The van der Waals surface area contributed by atoms with E-state index in [1.807, 2.05) is 0 Å². The second-order valence-corrected chi connectivity index (χ2v) is 12.1. The number of aromatic nitrogens is 1. The summed E-state index contributed by atoms with van der Waals surface area (Å²) in [4.78, 5) is 29.4. The fourth-order valence-corrected chi connectivity index (χ4v) is 5.66. The Balaban J connectivity index is 1.82. The molecular formula is C24H28F6N4O3S. The predicted octanol–water partition coefficient (Wildman–Crippen LogP) is 5.12. The molecule has 0 spiro atoms. The number of β-amino-alcohol motifs (C(OH)–C–C–N with tert-alkyl or cyclic N) is 1. The van der Waals surface area contributed by atoms with Crippen molar-refractivity contribution in [2.75, 3.05) is 11.4 Å². The number of aliphatic hydroxyl groups is 1. The Morgan fingerprint density at radius 1 is 1.11 bits per heavy atom. The molecule has 3 N–H and O–H groups in total. The number of amides is 2. The first-order valence-corrected chi connectivity index (χ1v) is 14.1. The zero-order valence-corrected chi connectivity index (χ0v) is 21.0. The molecule has 210 valence electrons. The first-order chi connectivity index (χ1) is 17.6. The normalized spacial score (nSPS) is 23.2. The molecule has 3 atom stereocenters. The van der Waals surface area contributed by atoms with Crippen LogP contribution in [-0.2, 0) is 9.59 Å². The molecule has 2 aliphatic rings. The van der Waals surface area contributed by atoms with Gasteiger partial charge in [0.2, 0.25) is 11.8 Å². The van der Waals surface area contributed by atoms with Gasteiger partial charge in [-0.25, -0.2) is 4.39 Å². The Kier molecular flexibility index (Phi) is 7.21. The smallest absolute Gasteiger partial charge is 0.313 e. The van der Waals surface area contributed by atoms with Crippen molar-refractivity contribution < 1.29 is 38.5 Å². The quantitative estimate of drug-likeness (QED) is 0.405. The molecule has 2 amide bonds. The number of nitrogens with one attached hydrogen (secondary N) is 2. The molecule has 0 radical (unpaired) electrons. The van der Waals surface area contributed by atoms with Crippen LogP contribution in [0.15, 0.2) is 47.6 Å². The Hall–Kier alpha value is -2.84. The summed E-state index contributed by atoms with van der Waals surface area (Å²) in [6, 6.07) is 0.745. The maximum atomic E-state index is 14.7. The van der Waals surface area contributed by atoms with E-state index in [1.54, 1.807) is 0 Å². The van der Waals surface area contributed by atoms with Crippen molar-refractivity contribution in [3.8, 4) is 0 Å². The van der Waals surface area contributed by atoms with Gasteiger partial charge in [0.05, 0.1) is 12.1 Å². The first kappa shape index (κ1) is 28.2. The largest absolute Gasteiger partial charge is 0.392 e. The number of carbonyl (C=O) groups excluding carboxylic acids is 2. The topological polar surface area (TPSA) is 94.6 Å². The monoisotopic (exact) mass is 566 g/mol. The predicted molar refractivity (Wildman–Crippen MR) is 130 cm³/mol. The molecule has 2 heterocycles. The molecule has 1 unspecified atom stereocenters. The van der Waals surface area contributed by atoms with Crippen molar-refractivity contribution in [1.82, 2.24) is 15.6 Å². The summed E-state index contributed by atoms with van der Waals surface area (Å²) >= 11 is 0. The number of aliphatic hydroxyl groups excluding tert-OH is 1. The van der Waals surface area contributed by atoms with E-state index in [-0.39, 0.29) is 36.7 Å². The van der Waals surface area contributed by atoms with Crippen molar-refractivity contribution in [2.24, 2.45) is 0 Å². The molecule has 2 fully saturated rings. The Morgan fingerprint density at radius 2 is 1.82 bits per heavy atom. The minimum Gasteiger partial charge on any atom is -0.392 e. The van der Waals surface area contributed by atoms with Crippen LogP contribution in [0.3, 0.4) is 0 Å². The van der Waals surface area contributed by atoms with Gasteiger partial charge in [-0.15, -0.1) is 0 Å². The molecule has 1 saturated carbocycles. The molecule has 2 aromatic rings. The van der Waals surface area contributed by atoms with Crippen LogP contribution in [0.5, 0.6) is 0 Å². The van der Waals surface area contributed by atoms with Gasteiger partial charge in [0.15, 0.2) is 0 Å². The third-order valence-electron chi connectivity index (χ3n) is 6.71. The van der Waals surface area contributed by atoms with E-state index in [9.17, 15) is 38.5 Å². The minimum absolute atomic E-state index is 0.0353. The highest BCUT2D eigenvalue weighted by Crippen LogP contribution is 3.02. The molecule has 7 nitrogen and oxygen atoms in total. The van der Waals surface area contributed by atoms with Crippen LogP contribution in [0.1, 0.15) is 50.1 Å². The van der Waals surface area contributed by atoms with E-state index in [0.717, 1.165) is 24.2 Å². The first-order valence-electron chi connectivity index (χ1n) is 12.1. The number of nitrogens with zero attached hydrogens (tertiary/aromatic N) is 2. The van der Waals surface area contributed by atoms with Crippen molar-refractivity contribution in [3.63, 3.8) is 0 Å². The van der Waals surface area contributed by atoms with E-state index < -0.39 is 56.6 Å². The maximum Gasteiger partial charge on any atom is 0.313 e. The van der Waals surface area contributed by atoms with Crippen LogP contribution in [0, 0.1) is 5.82 Å². The van der Waals surface area contributed by atoms with Crippen LogP contribution >= 0.6 is 10.2 Å². The third kappa shape index (κ3) is 6.41. The molecule has 38 heavy (non-hydrogen) atoms. The van der Waals surface area contributed by atoms with Gasteiger partial charge < -0.3 is 15.7 Å². The highest BCUT2D eigenvalue weighted by atomic mass is 32.5. The Morgan fingerprint density at radius 3 is 2.37 bits per heavy atom. The molecular weight excluding hydrogens is 538 g/mol. The second kappa shape index (κ2) is 9.72. The SMILES string of the molecule is O=C(NC1CCCCC1)C(c1cccnc1)N(C(=O)[C@H]1C[C@@H](O)CN1)c1ccc(S(F)(F)(F)(F)F)c(F)c1. The lowest BCUT2D eigenvalue weighted by Crippen LogP contribution is -2.51. The van der Waals surface area contributed by atoms with Gasteiger partial charge >= 0.3 is 10.2 Å². The summed E-state index contributed by atoms with van der Waals surface area (Å²) in [7, 11) is -10.4. The number of anilines is 1. The summed E-state index contributed by atoms with van der Waals surface area (Å²) in [6.45, 7) is 0.0353. The van der Waals surface area contributed by atoms with Crippen LogP contribution in [0.25, 0.3) is 0 Å². The van der Waals surface area contributed by atoms with Gasteiger partial charge in [0.25, 0.3) is 0 Å². The van der Waals surface area contributed by atoms with Crippen molar-refractivity contribution in [3.05, 3.63) is 54.1 Å². The van der Waals surface area contributed by atoms with Crippen LogP contribution in [0.2, 0.25) is 0 Å². The average Bonchev–Trinajstić information content (AvgIpc) is 3.27. The fourth-order valence-electron chi connectivity index (χ4n) is 4.91. The minimum atomic E-state index is -10.4. The van der Waals surface area contributed by atoms with Gasteiger partial charge in [-0.2, -0.15) is 0 Å². The number of halogens is 6. The lowest BCUT2D eigenvalue weighted by Gasteiger charge is -2.41. The Labute approximate surface area is 215 Å². The lowest BCUT2D eigenvalue weighted by molar-refractivity contribution is -0.128. The Bertz CT molecular complexity index is 1200. The fraction of sp³-hybridized carbons (Fsp3) is 0.458. The summed E-state index contributed by atoms with van der Waals surface area (Å²) in [6.07, 6.45) is 5.80. The number of carbonyl (C=O) groups is 2. The van der Waals surface area contributed by atoms with E-state index in [2.05, 4.69) is 15.6 Å². The van der Waals surface area contributed by atoms with Crippen molar-refractivity contribution in [1.29, 1.82) is 0 Å². The molecule has 14 heteroatoms. The average molecular weight is 567 g/mol. The summed E-state index contributed by atoms with van der Waals surface area (Å²) < 4.78 is 81.5. The highest BCUT2D eigenvalue weighted by molar-refractivity contribution is 8.45. The van der Waals surface area contributed by atoms with Crippen LogP contribution < -0.4 is 15.5 Å². The van der Waals surface area contributed by atoms with Crippen molar-refractivity contribution >= 4 is 27.7 Å². The third-order valence-corrected chi connectivity index (χ3v) is 7.87.